The van der Waals surface area contributed by atoms with E-state index in [-0.39, 0.29) is 73.9 Å². The van der Waals surface area contributed by atoms with Gasteiger partial charge >= 0.3 is 35.8 Å². The minimum absolute atomic E-state index is 0.0349. The first-order valence-corrected chi connectivity index (χ1v) is 49.1. The van der Waals surface area contributed by atoms with Crippen molar-refractivity contribution in [3.63, 3.8) is 0 Å². The first kappa shape index (κ1) is 127. The molecule has 143 heavy (non-hydrogen) atoms. The zero-order chi connectivity index (χ0) is 109. The number of imidazole rings is 1. The van der Waals surface area contributed by atoms with Crippen molar-refractivity contribution in [2.24, 2.45) is 46.4 Å². The van der Waals surface area contributed by atoms with E-state index in [1.165, 1.54) is 56.8 Å². The Morgan fingerprint density at radius 1 is 0.364 bits per heavy atom. The molecule has 0 fully saturated rings. The van der Waals surface area contributed by atoms with Gasteiger partial charge in [0.25, 0.3) is 0 Å². The minimum atomic E-state index is -2.28. The SMILES string of the molecule is CC[C@H](C)[C@H](NC(=O)[C@H](CC(=O)O)NC(=O)[C@H](CCSC)NC(=O)[C@@H](NC(=O)[C@H](Cc1cnc[nH]1)NC(=O)[C@H](CO)NC(=O)[C@H](CCC(N)=O)NC(=O)[C@H](CCC(N)=O)NC(=O)[C@H](CCCNC(=N)N)NC(=O)[C@H](CC(=O)O)NC(=O)[C@H](CC(N)=O)NC(=O)[C@H](CCC(=O)O)NC(=O)[C@H](CCSC)NC(=O)[C@@H](N)CC(C)C)C(C)C)C(=O)N[C@@H](CCSC)C(=O)N[C@@H](CCC(=O)O)C(=O)N[C@@H](CC(=O)O)C(=O)O. The van der Waals surface area contributed by atoms with Gasteiger partial charge in [-0.2, -0.15) is 35.3 Å². The predicted molar refractivity (Wildman–Crippen MR) is 509 cm³/mol. The van der Waals surface area contributed by atoms with Gasteiger partial charge in [-0.3, -0.25) is 120 Å². The zero-order valence-electron chi connectivity index (χ0n) is 80.3. The number of guanidine groups is 1. The van der Waals surface area contributed by atoms with E-state index < -0.39 is 365 Å². The predicted octanol–water partition coefficient (Wildman–Crippen LogP) is -10.1. The van der Waals surface area contributed by atoms with Crippen molar-refractivity contribution in [1.82, 2.24) is 100 Å². The molecular formula is C83H135N25O32S3. The summed E-state index contributed by atoms with van der Waals surface area (Å²) in [5.74, 6) is -35.2. The van der Waals surface area contributed by atoms with Gasteiger partial charge in [0.05, 0.1) is 44.7 Å². The number of nitrogens with zero attached hydrogens (tertiary/aromatic N) is 1. The number of aliphatic hydroxyl groups excluding tert-OH is 1. The first-order chi connectivity index (χ1) is 67.0. The first-order valence-electron chi connectivity index (χ1n) is 44.9. The largest absolute Gasteiger partial charge is 0.481 e. The van der Waals surface area contributed by atoms with Crippen molar-refractivity contribution in [3.8, 4) is 0 Å². The van der Waals surface area contributed by atoms with Crippen LogP contribution < -0.4 is 119 Å². The van der Waals surface area contributed by atoms with Gasteiger partial charge in [0.1, 0.15) is 96.7 Å². The summed E-state index contributed by atoms with van der Waals surface area (Å²) in [6.45, 7) is 7.96. The summed E-state index contributed by atoms with van der Waals surface area (Å²) in [5.41, 5.74) is 28.0. The van der Waals surface area contributed by atoms with Crippen LogP contribution in [-0.4, -0.2) is 352 Å². The Labute approximate surface area is 833 Å². The van der Waals surface area contributed by atoms with Crippen LogP contribution in [0.3, 0.4) is 0 Å². The number of rotatable bonds is 74. The van der Waals surface area contributed by atoms with Crippen molar-refractivity contribution in [2.75, 3.05) is 49.2 Å². The van der Waals surface area contributed by atoms with E-state index in [0.29, 0.717) is 0 Å². The molecule has 0 bridgehead atoms. The number of H-pyrrole nitrogens is 1. The Hall–Kier alpha value is -13.8. The molecule has 18 atom stereocenters. The van der Waals surface area contributed by atoms with Crippen LogP contribution in [0.15, 0.2) is 12.5 Å². The fourth-order valence-corrected chi connectivity index (χ4v) is 14.6. The minimum Gasteiger partial charge on any atom is -0.481 e. The number of aliphatic carboxylic acids is 6. The molecule has 0 radical (unpaired) electrons. The summed E-state index contributed by atoms with van der Waals surface area (Å²) in [6, 6.07) is -31.1. The Kier molecular flexibility index (Phi) is 59.4. The molecule has 1 aromatic heterocycles. The molecule has 0 saturated carbocycles. The van der Waals surface area contributed by atoms with Crippen molar-refractivity contribution >= 4 is 189 Å². The number of hydrogen-bond donors (Lipinski definition) is 31. The maximum atomic E-state index is 14.7. The van der Waals surface area contributed by atoms with Crippen molar-refractivity contribution in [3.05, 3.63) is 18.2 Å². The number of amides is 19. The molecule has 57 nitrogen and oxygen atoms in total. The molecule has 1 aromatic rings. The van der Waals surface area contributed by atoms with E-state index in [1.807, 2.05) is 10.6 Å². The van der Waals surface area contributed by atoms with Crippen molar-refractivity contribution in [2.45, 2.75) is 273 Å². The smallest absolute Gasteiger partial charge is 0.326 e. The quantitative estimate of drug-likeness (QED) is 0.0164. The lowest BCUT2D eigenvalue weighted by molar-refractivity contribution is -0.147. The number of carbonyl (C=O) groups excluding carboxylic acids is 19. The van der Waals surface area contributed by atoms with Gasteiger partial charge in [-0.1, -0.05) is 48.0 Å². The molecule has 1 rings (SSSR count). The lowest BCUT2D eigenvalue weighted by Gasteiger charge is -2.30. The lowest BCUT2D eigenvalue weighted by atomic mass is 9.97. The van der Waals surface area contributed by atoms with Gasteiger partial charge in [-0.15, -0.1) is 0 Å². The van der Waals surface area contributed by atoms with Crippen LogP contribution in [0.4, 0.5) is 0 Å². The van der Waals surface area contributed by atoms with Crippen molar-refractivity contribution < 1.29 is 156 Å². The van der Waals surface area contributed by atoms with Crippen molar-refractivity contribution in [1.29, 1.82) is 5.41 Å². The van der Waals surface area contributed by atoms with E-state index in [9.17, 15) is 156 Å². The summed E-state index contributed by atoms with van der Waals surface area (Å²) >= 11 is 3.61. The van der Waals surface area contributed by atoms with Crippen LogP contribution in [0, 0.1) is 23.2 Å². The highest BCUT2D eigenvalue weighted by molar-refractivity contribution is 7.99. The van der Waals surface area contributed by atoms with E-state index in [4.69, 9.17) is 34.1 Å². The highest BCUT2D eigenvalue weighted by atomic mass is 32.2. The second kappa shape index (κ2) is 66.8. The Morgan fingerprint density at radius 2 is 0.664 bits per heavy atom. The van der Waals surface area contributed by atoms with Crippen LogP contribution in [0.2, 0.25) is 0 Å². The molecular weight excluding hydrogens is 1960 g/mol. The summed E-state index contributed by atoms with van der Waals surface area (Å²) < 4.78 is 0. The maximum Gasteiger partial charge on any atom is 0.326 e. The molecule has 0 unspecified atom stereocenters. The third kappa shape index (κ3) is 50.9. The van der Waals surface area contributed by atoms with Gasteiger partial charge in [-0.25, -0.2) is 9.78 Å². The van der Waals surface area contributed by atoms with Crippen LogP contribution in [-0.2, 0) is 126 Å². The lowest BCUT2D eigenvalue weighted by Crippen LogP contribution is -2.62. The number of aromatic nitrogens is 2. The molecule has 0 spiro atoms. The van der Waals surface area contributed by atoms with Crippen LogP contribution in [0.5, 0.6) is 0 Å². The molecule has 19 amide bonds. The third-order valence-electron chi connectivity index (χ3n) is 21.1. The van der Waals surface area contributed by atoms with E-state index in [2.05, 4.69) is 89.7 Å². The maximum absolute atomic E-state index is 14.7. The number of primary amides is 3. The second-order valence-electron chi connectivity index (χ2n) is 33.7. The summed E-state index contributed by atoms with van der Waals surface area (Å²) in [4.78, 5) is 343. The number of carboxylic acid groups (broad SMARTS) is 6. The van der Waals surface area contributed by atoms with Crippen LogP contribution >= 0.6 is 35.3 Å². The standard InChI is InChI=1S/C83H135N25O32S3/c1-10-39(6)65(81(138)100-48(22-26-142-8)73(130)98-46(16-20-60(115)116)70(127)105-54(82(139)140)33-63(121)122)108-78(135)53(32-62(119)120)103-74(131)49(23-27-143-9)99-80(137)64(38(4)5)107-77(134)50(29-40-34-90-36-92-40)101-79(136)55(35-109)106-71(128)44(14-18-57(86)111)96-68(125)43(13-17-56(85)110)95-67(124)42(12-11-24-91-83(88)89)94-76(133)52(31-61(117)118)104-75(132)51(30-58(87)112)102-69(126)45(15-19-59(113)114)97-72(129)47(21-25-141-7)93-66(123)41(84)28-37(2)3/h34,36-39,41-55,64-65,109H,10-33,35,84H2,1-9H3,(H2,85,110)(H2,86,111)(H2,87,112)(H,90,92)(H,93,123)(H,94,133)(H,95,124)(H,96,125)(H,97,129)(H,98,130)(H,99,137)(H,100,138)(H,101,136)(H,102,126)(H,103,131)(H,104,132)(H,105,127)(H,106,128)(H,107,134)(H,108,135)(H,113,114)(H,115,116)(H,117,118)(H,119,120)(H,121,122)(H,139,140)(H4,88,89,91)/t39-,41-,42-,43-,44-,45-,46-,47-,48-,49-,50-,51-,52-,53-,54-,55-,64-,65-/m0/s1. The zero-order valence-corrected chi connectivity index (χ0v) is 82.7. The number of carbonyl (C=O) groups is 25. The topological polar surface area (TPSA) is 956 Å². The van der Waals surface area contributed by atoms with Gasteiger partial charge in [0, 0.05) is 50.5 Å². The Morgan fingerprint density at radius 3 is 0.993 bits per heavy atom. The van der Waals surface area contributed by atoms with E-state index in [0.717, 1.165) is 11.8 Å². The fraction of sp³-hybridized carbons (Fsp3) is 0.651. The van der Waals surface area contributed by atoms with E-state index >= 15 is 0 Å². The van der Waals surface area contributed by atoms with Gasteiger partial charge in [0.15, 0.2) is 5.96 Å². The number of hydrogen-bond acceptors (Lipinski definition) is 32. The average molecular weight is 2090 g/mol. The molecule has 60 heteroatoms. The monoisotopic (exact) mass is 2090 g/mol. The number of aliphatic hydroxyl groups is 1. The molecule has 0 aliphatic carbocycles. The Balaban J connectivity index is 3.84. The summed E-state index contributed by atoms with van der Waals surface area (Å²) in [7, 11) is 0. The van der Waals surface area contributed by atoms with E-state index in [1.54, 1.807) is 39.5 Å². The fourth-order valence-electron chi connectivity index (χ4n) is 13.2. The third-order valence-corrected chi connectivity index (χ3v) is 23.0. The number of thioether (sulfide) groups is 3. The molecule has 36 N–H and O–H groups in total. The number of nitrogens with one attached hydrogen (secondary N) is 19. The molecule has 0 aliphatic rings. The molecule has 0 saturated heterocycles. The second-order valence-corrected chi connectivity index (χ2v) is 36.6. The number of aromatic amines is 1. The normalized spacial score (nSPS) is 14.8. The molecule has 0 aliphatic heterocycles. The number of nitrogens with two attached hydrogens (primary N) is 5. The molecule has 0 aromatic carbocycles. The molecule has 1 heterocycles. The number of carboxylic acids is 6. The highest BCUT2D eigenvalue weighted by Gasteiger charge is 2.42. The van der Waals surface area contributed by atoms with Gasteiger partial charge in [0.2, 0.25) is 112 Å². The molecule has 802 valence electrons. The summed E-state index contributed by atoms with van der Waals surface area (Å²) in [6.07, 6.45) is -4.77. The average Bonchev–Trinajstić information content (AvgIpc) is 1.74. The van der Waals surface area contributed by atoms with Crippen LogP contribution in [0.1, 0.15) is 169 Å². The summed E-state index contributed by atoms with van der Waals surface area (Å²) in [5, 5.41) is 115. The highest BCUT2D eigenvalue weighted by Crippen LogP contribution is 2.18. The van der Waals surface area contributed by atoms with Gasteiger partial charge in [-0.05, 0) is 118 Å². The van der Waals surface area contributed by atoms with Gasteiger partial charge < -0.3 is 160 Å². The van der Waals surface area contributed by atoms with Crippen LogP contribution in [0.25, 0.3) is 0 Å². The Bertz CT molecular complexity index is 4580.